The van der Waals surface area contributed by atoms with Crippen LogP contribution in [0.3, 0.4) is 0 Å². The smallest absolute Gasteiger partial charge is 0.339 e. The van der Waals surface area contributed by atoms with Gasteiger partial charge in [-0.25, -0.2) is 14.8 Å². The topological polar surface area (TPSA) is 84.3 Å². The highest BCUT2D eigenvalue weighted by molar-refractivity contribution is 7.17. The number of carbonyl (C=O) groups is 1. The van der Waals surface area contributed by atoms with Crippen molar-refractivity contribution >= 4 is 39.0 Å². The van der Waals surface area contributed by atoms with E-state index in [9.17, 15) is 9.90 Å². The number of carbonyl (C=O) groups excluding carboxylic acids is 1. The van der Waals surface area contributed by atoms with Crippen molar-refractivity contribution in [1.82, 2.24) is 9.97 Å². The number of anilines is 2. The van der Waals surface area contributed by atoms with Crippen LogP contribution >= 0.6 is 11.3 Å². The summed E-state index contributed by atoms with van der Waals surface area (Å²) in [5, 5.41) is 15.2. The van der Waals surface area contributed by atoms with Crippen molar-refractivity contribution in [3.63, 3.8) is 0 Å². The number of para-hydroxylation sites is 2. The van der Waals surface area contributed by atoms with Gasteiger partial charge in [-0.1, -0.05) is 12.1 Å². The maximum Gasteiger partial charge on any atom is 0.339 e. The second-order valence-electron chi connectivity index (χ2n) is 4.41. The Labute approximate surface area is 130 Å². The first-order chi connectivity index (χ1) is 10.7. The lowest BCUT2D eigenvalue weighted by Crippen LogP contribution is -2.05. The van der Waals surface area contributed by atoms with E-state index in [1.807, 2.05) is 0 Å². The van der Waals surface area contributed by atoms with E-state index in [2.05, 4.69) is 15.3 Å². The molecule has 2 aromatic heterocycles. The summed E-state index contributed by atoms with van der Waals surface area (Å²) in [5.74, 6) is 0.141. The van der Waals surface area contributed by atoms with Gasteiger partial charge in [-0.2, -0.15) is 0 Å². The predicted octanol–water partition coefficient (Wildman–Crippen LogP) is 3.32. The first-order valence-electron chi connectivity index (χ1n) is 6.65. The molecule has 2 N–H and O–H groups in total. The van der Waals surface area contributed by atoms with E-state index < -0.39 is 5.97 Å². The van der Waals surface area contributed by atoms with E-state index in [4.69, 9.17) is 4.74 Å². The number of thiophene rings is 1. The lowest BCUT2D eigenvalue weighted by molar-refractivity contribution is 0.0529. The van der Waals surface area contributed by atoms with Gasteiger partial charge >= 0.3 is 5.97 Å². The van der Waals surface area contributed by atoms with E-state index in [1.54, 1.807) is 36.6 Å². The number of nitrogens with zero attached hydrogens (tertiary/aromatic N) is 2. The summed E-state index contributed by atoms with van der Waals surface area (Å²) in [6.45, 7) is 2.05. The Balaban J connectivity index is 2.08. The third kappa shape index (κ3) is 2.58. The molecule has 112 valence electrons. The molecule has 0 aliphatic heterocycles. The number of aromatic nitrogens is 2. The van der Waals surface area contributed by atoms with Gasteiger partial charge in [0.05, 0.1) is 23.2 Å². The number of rotatable bonds is 4. The molecule has 0 unspecified atom stereocenters. The van der Waals surface area contributed by atoms with Crippen molar-refractivity contribution in [2.45, 2.75) is 6.92 Å². The third-order valence-electron chi connectivity index (χ3n) is 3.02. The molecule has 22 heavy (non-hydrogen) atoms. The molecule has 0 aliphatic carbocycles. The lowest BCUT2D eigenvalue weighted by Gasteiger charge is -2.09. The highest BCUT2D eigenvalue weighted by Crippen LogP contribution is 2.33. The maximum absolute atomic E-state index is 12.0. The lowest BCUT2D eigenvalue weighted by atomic mass is 10.2. The number of hydrogen-bond donors (Lipinski definition) is 2. The molecule has 6 nitrogen and oxygen atoms in total. The summed E-state index contributed by atoms with van der Waals surface area (Å²) < 4.78 is 5.06. The zero-order chi connectivity index (χ0) is 15.5. The van der Waals surface area contributed by atoms with Crippen LogP contribution < -0.4 is 5.32 Å². The first kappa shape index (κ1) is 14.3. The van der Waals surface area contributed by atoms with Gasteiger partial charge in [0.15, 0.2) is 0 Å². The van der Waals surface area contributed by atoms with Crippen LogP contribution in [0.2, 0.25) is 0 Å². The van der Waals surface area contributed by atoms with Crippen molar-refractivity contribution in [1.29, 1.82) is 0 Å². The molecule has 0 saturated heterocycles. The zero-order valence-electron chi connectivity index (χ0n) is 11.7. The molecule has 7 heteroatoms. The average molecular weight is 315 g/mol. The number of benzene rings is 1. The molecule has 0 fully saturated rings. The van der Waals surface area contributed by atoms with Crippen molar-refractivity contribution < 1.29 is 14.6 Å². The summed E-state index contributed by atoms with van der Waals surface area (Å²) in [7, 11) is 0. The minimum absolute atomic E-state index is 0.0992. The third-order valence-corrected chi connectivity index (χ3v) is 3.91. The first-order valence-corrected chi connectivity index (χ1v) is 7.53. The molecular formula is C15H13N3O3S. The number of nitrogens with one attached hydrogen (secondary N) is 1. The number of aromatic hydroxyl groups is 1. The molecule has 3 rings (SSSR count). The van der Waals surface area contributed by atoms with Crippen molar-refractivity contribution in [2.24, 2.45) is 0 Å². The molecule has 0 saturated carbocycles. The van der Waals surface area contributed by atoms with E-state index in [-0.39, 0.29) is 5.75 Å². The number of hydrogen-bond acceptors (Lipinski definition) is 7. The Bertz CT molecular complexity index is 832. The number of phenols is 1. The fourth-order valence-electron chi connectivity index (χ4n) is 2.04. The highest BCUT2D eigenvalue weighted by atomic mass is 32.1. The van der Waals surface area contributed by atoms with Crippen LogP contribution in [0, 0.1) is 0 Å². The van der Waals surface area contributed by atoms with Crippen LogP contribution in [-0.4, -0.2) is 27.7 Å². The van der Waals surface area contributed by atoms with Gasteiger partial charge in [-0.05, 0) is 19.1 Å². The van der Waals surface area contributed by atoms with Crippen LogP contribution in [0.5, 0.6) is 5.75 Å². The molecule has 0 bridgehead atoms. The summed E-state index contributed by atoms with van der Waals surface area (Å²) in [5.41, 5.74) is 0.920. The summed E-state index contributed by atoms with van der Waals surface area (Å²) in [4.78, 5) is 21.1. The molecule has 3 aromatic rings. The van der Waals surface area contributed by atoms with Gasteiger partial charge < -0.3 is 15.2 Å². The van der Waals surface area contributed by atoms with Gasteiger partial charge in [-0.15, -0.1) is 11.3 Å². The summed E-state index contributed by atoms with van der Waals surface area (Å²) in [6.07, 6.45) is 1.41. The molecule has 1 aromatic carbocycles. The van der Waals surface area contributed by atoms with Gasteiger partial charge in [0.2, 0.25) is 0 Å². The van der Waals surface area contributed by atoms with Crippen LogP contribution in [0.15, 0.2) is 36.0 Å². The van der Waals surface area contributed by atoms with E-state index >= 15 is 0 Å². The van der Waals surface area contributed by atoms with Gasteiger partial charge in [0, 0.05) is 5.38 Å². The van der Waals surface area contributed by atoms with Crippen LogP contribution in [0.4, 0.5) is 11.5 Å². The van der Waals surface area contributed by atoms with Crippen LogP contribution in [0.1, 0.15) is 17.3 Å². The minimum Gasteiger partial charge on any atom is -0.506 e. The normalized spacial score (nSPS) is 10.6. The Hall–Kier alpha value is -2.67. The molecule has 0 spiro atoms. The van der Waals surface area contributed by atoms with E-state index in [0.717, 1.165) is 0 Å². The fourth-order valence-corrected chi connectivity index (χ4v) is 2.91. The van der Waals surface area contributed by atoms with E-state index in [0.29, 0.717) is 33.9 Å². The van der Waals surface area contributed by atoms with Crippen molar-refractivity contribution in [3.05, 3.63) is 41.5 Å². The van der Waals surface area contributed by atoms with Crippen LogP contribution in [0.25, 0.3) is 10.2 Å². The molecule has 0 aliphatic rings. The molecule has 2 heterocycles. The highest BCUT2D eigenvalue weighted by Gasteiger charge is 2.18. The second-order valence-corrected chi connectivity index (χ2v) is 5.27. The summed E-state index contributed by atoms with van der Waals surface area (Å²) in [6, 6.07) is 6.81. The SMILES string of the molecule is CCOC(=O)c1csc2ncnc(Nc3ccccc3O)c12. The number of ether oxygens (including phenoxy) is 1. The van der Waals surface area contributed by atoms with Crippen molar-refractivity contribution in [3.8, 4) is 5.75 Å². The van der Waals surface area contributed by atoms with Gasteiger partial charge in [-0.3, -0.25) is 0 Å². The standard InChI is InChI=1S/C15H13N3O3S/c1-2-21-15(20)9-7-22-14-12(9)13(16-8-17-14)18-10-5-3-4-6-11(10)19/h3-8,19H,2H2,1H3,(H,16,17,18). The fraction of sp³-hybridized carbons (Fsp3) is 0.133. The quantitative estimate of drug-likeness (QED) is 0.567. The average Bonchev–Trinajstić information content (AvgIpc) is 2.95. The summed E-state index contributed by atoms with van der Waals surface area (Å²) >= 11 is 1.34. The van der Waals surface area contributed by atoms with Gasteiger partial charge in [0.1, 0.15) is 22.7 Å². The molecule has 0 radical (unpaired) electrons. The Morgan fingerprint density at radius 1 is 1.36 bits per heavy atom. The second kappa shape index (κ2) is 5.98. The van der Waals surface area contributed by atoms with E-state index in [1.165, 1.54) is 17.7 Å². The largest absolute Gasteiger partial charge is 0.506 e. The van der Waals surface area contributed by atoms with Crippen molar-refractivity contribution in [2.75, 3.05) is 11.9 Å². The minimum atomic E-state index is -0.413. The zero-order valence-corrected chi connectivity index (χ0v) is 12.6. The number of esters is 1. The maximum atomic E-state index is 12.0. The number of fused-ring (bicyclic) bond motifs is 1. The molecule has 0 atom stereocenters. The Kier molecular flexibility index (Phi) is 3.88. The predicted molar refractivity (Wildman–Crippen MR) is 84.8 cm³/mol. The monoisotopic (exact) mass is 315 g/mol. The van der Waals surface area contributed by atoms with Gasteiger partial charge in [0.25, 0.3) is 0 Å². The van der Waals surface area contributed by atoms with Crippen LogP contribution in [-0.2, 0) is 4.74 Å². The molecule has 0 amide bonds. The Morgan fingerprint density at radius 2 is 2.18 bits per heavy atom. The Morgan fingerprint density at radius 3 is 2.95 bits per heavy atom. The molecular weight excluding hydrogens is 302 g/mol. The number of phenolic OH excluding ortho intramolecular Hbond substituents is 1.